The quantitative estimate of drug-likeness (QED) is 0.179. The van der Waals surface area contributed by atoms with Gasteiger partial charge in [-0.3, -0.25) is 24.4 Å². The number of rotatable bonds is 3. The van der Waals surface area contributed by atoms with Gasteiger partial charge in [0.25, 0.3) is 5.91 Å². The number of aliphatic hydroxyl groups excluding tert-OH is 1. The summed E-state index contributed by atoms with van der Waals surface area (Å²) in [5.41, 5.74) is -0.0424. The lowest BCUT2D eigenvalue weighted by atomic mass is 9.66. The molecule has 1 saturated heterocycles. The first kappa shape index (κ1) is 42.3. The van der Waals surface area contributed by atoms with Crippen molar-refractivity contribution in [2.45, 2.75) is 119 Å². The number of phenols is 2. The van der Waals surface area contributed by atoms with Crippen LogP contribution >= 0.6 is 0 Å². The van der Waals surface area contributed by atoms with Gasteiger partial charge in [-0.05, 0) is 83.1 Å². The van der Waals surface area contributed by atoms with Crippen LogP contribution in [0.15, 0.2) is 33.8 Å². The van der Waals surface area contributed by atoms with Crippen molar-refractivity contribution in [3.8, 4) is 17.2 Å². The van der Waals surface area contributed by atoms with E-state index in [1.54, 1.807) is 26.8 Å². The smallest absolute Gasteiger partial charge is 0.302 e. The van der Waals surface area contributed by atoms with Gasteiger partial charge in [-0.25, -0.2) is 0 Å². The Hall–Kier alpha value is -4.29. The predicted octanol–water partition coefficient (Wildman–Crippen LogP) is 6.21. The summed E-state index contributed by atoms with van der Waals surface area (Å²) in [6.45, 7) is 18.4. The Bertz CT molecular complexity index is 2110. The van der Waals surface area contributed by atoms with Crippen molar-refractivity contribution in [3.05, 3.63) is 45.6 Å². The number of anilines is 1. The van der Waals surface area contributed by atoms with Crippen molar-refractivity contribution in [1.29, 1.82) is 0 Å². The second-order valence-corrected chi connectivity index (χ2v) is 17.5. The van der Waals surface area contributed by atoms with Crippen molar-refractivity contribution < 1.29 is 39.2 Å². The lowest BCUT2D eigenvalue weighted by Crippen LogP contribution is -2.54. The predicted molar refractivity (Wildman–Crippen MR) is 219 cm³/mol. The van der Waals surface area contributed by atoms with Crippen LogP contribution in [0.4, 0.5) is 5.69 Å². The molecule has 12 heteroatoms. The number of hydrogen-bond donors (Lipinski definition) is 5. The van der Waals surface area contributed by atoms with E-state index in [1.807, 2.05) is 39.8 Å². The summed E-state index contributed by atoms with van der Waals surface area (Å²) in [6, 6.07) is 0. The van der Waals surface area contributed by atoms with Crippen molar-refractivity contribution in [1.82, 2.24) is 5.32 Å². The molecule has 2 fully saturated rings. The fourth-order valence-corrected chi connectivity index (χ4v) is 10.1. The molecule has 1 saturated carbocycles. The zero-order valence-corrected chi connectivity index (χ0v) is 35.1. The molecule has 310 valence electrons. The standard InChI is InChI=1S/C45H62N4O8/c1-10-56-43-28(8)40(53)35-34-33(43)32(51)16-12-14-23(3)42(57-29(9)50)27(7)39(52)25(5)17-22(2)13-11-15-24(4)44(55)47-38(41(35)54)37-36(34)48-45(49-37)26(6)18-30-19-31(45)21-46-20-30/h11,13,15,22-23,25-27,30-31,39,42,46,52-54H,10,12,14,16-21H2,1-9H3,(H,47,55)/b13-11+,24-15-/t22-,23+,25+,26?,27+,30?,31-,39+,42+,45-/m0/s1. The Morgan fingerprint density at radius 1 is 0.965 bits per heavy atom. The number of fused-ring (bicyclic) bond motifs is 3. The molecule has 2 aromatic rings. The van der Waals surface area contributed by atoms with Crippen molar-refractivity contribution in [2.24, 2.45) is 51.4 Å². The number of Topliss-reactive ketones (excluding diaryl/α,β-unsaturated/α-hetero) is 1. The Labute approximate surface area is 335 Å². The second-order valence-electron chi connectivity index (χ2n) is 17.5. The highest BCUT2D eigenvalue weighted by Gasteiger charge is 2.52. The highest BCUT2D eigenvalue weighted by atomic mass is 16.5. The summed E-state index contributed by atoms with van der Waals surface area (Å²) in [5.74, 6) is -1.73. The number of carbonyl (C=O) groups excluding carboxylic acids is 3. The van der Waals surface area contributed by atoms with Gasteiger partial charge in [0, 0.05) is 54.2 Å². The average molecular weight is 787 g/mol. The molecular weight excluding hydrogens is 725 g/mol. The number of benzene rings is 2. The molecule has 1 amide bonds. The third-order valence-electron chi connectivity index (χ3n) is 13.1. The van der Waals surface area contributed by atoms with Crippen LogP contribution in [0.3, 0.4) is 0 Å². The molecule has 0 radical (unpaired) electrons. The lowest BCUT2D eigenvalue weighted by Gasteiger charge is -2.48. The van der Waals surface area contributed by atoms with Crippen LogP contribution in [0.25, 0.3) is 10.8 Å². The van der Waals surface area contributed by atoms with Crippen LogP contribution in [-0.4, -0.2) is 70.5 Å². The fraction of sp³-hybridized carbons (Fsp3) is 0.622. The van der Waals surface area contributed by atoms with Crippen molar-refractivity contribution >= 4 is 34.1 Å². The third-order valence-corrected chi connectivity index (χ3v) is 13.1. The van der Waals surface area contributed by atoms with Crippen molar-refractivity contribution in [2.75, 3.05) is 25.0 Å². The number of nitrogens with one attached hydrogen (secondary N) is 2. The highest BCUT2D eigenvalue weighted by Crippen LogP contribution is 2.49. The number of piperidine rings is 1. The van der Waals surface area contributed by atoms with E-state index in [4.69, 9.17) is 19.5 Å². The molecule has 0 aromatic heterocycles. The maximum absolute atomic E-state index is 14.8. The number of esters is 1. The number of ketones is 1. The molecule has 10 atom stereocenters. The zero-order chi connectivity index (χ0) is 41.5. The summed E-state index contributed by atoms with van der Waals surface area (Å²) in [5, 5.41) is 43.0. The summed E-state index contributed by atoms with van der Waals surface area (Å²) >= 11 is 0. The summed E-state index contributed by atoms with van der Waals surface area (Å²) in [6.07, 6.45) is 7.64. The Balaban J connectivity index is 1.59. The van der Waals surface area contributed by atoms with Crippen LogP contribution in [0.1, 0.15) is 110 Å². The average Bonchev–Trinajstić information content (AvgIpc) is 3.57. The Kier molecular flexibility index (Phi) is 12.5. The van der Waals surface area contributed by atoms with Crippen LogP contribution in [0, 0.1) is 48.3 Å². The highest BCUT2D eigenvalue weighted by molar-refractivity contribution is 6.16. The number of phenolic OH excluding ortho intramolecular Hbond substituents is 2. The van der Waals surface area contributed by atoms with E-state index in [-0.39, 0.29) is 98.8 Å². The first-order valence-corrected chi connectivity index (χ1v) is 20.9. The summed E-state index contributed by atoms with van der Waals surface area (Å²) < 4.78 is 12.0. The molecule has 6 rings (SSSR count). The molecule has 3 heterocycles. The maximum Gasteiger partial charge on any atom is 0.302 e. The number of hydrogen-bond acceptors (Lipinski definition) is 11. The second kappa shape index (κ2) is 16.9. The van der Waals surface area contributed by atoms with Crippen molar-refractivity contribution in [3.63, 3.8) is 0 Å². The van der Waals surface area contributed by atoms with Crippen LogP contribution < -0.4 is 26.1 Å². The summed E-state index contributed by atoms with van der Waals surface area (Å²) in [4.78, 5) is 51.8. The van der Waals surface area contributed by atoms with Gasteiger partial charge >= 0.3 is 5.97 Å². The van der Waals surface area contributed by atoms with E-state index in [2.05, 4.69) is 17.6 Å². The van der Waals surface area contributed by atoms with E-state index in [1.165, 1.54) is 6.92 Å². The first-order valence-electron chi connectivity index (χ1n) is 20.9. The van der Waals surface area contributed by atoms with E-state index in [0.717, 1.165) is 19.4 Å². The van der Waals surface area contributed by atoms with Gasteiger partial charge in [-0.2, -0.15) is 0 Å². The topological polar surface area (TPSA) is 179 Å². The van der Waals surface area contributed by atoms with E-state index in [9.17, 15) is 29.7 Å². The molecule has 57 heavy (non-hydrogen) atoms. The first-order chi connectivity index (χ1) is 27.0. The molecule has 1 spiro atoms. The molecule has 3 aliphatic heterocycles. The number of nitrogens with zero attached hydrogens (tertiary/aromatic N) is 2. The molecule has 2 unspecified atom stereocenters. The Morgan fingerprint density at radius 3 is 2.39 bits per heavy atom. The molecule has 1 aliphatic carbocycles. The molecule has 2 aromatic carbocycles. The minimum absolute atomic E-state index is 0.00480. The molecular formula is C45H62N4O8. The van der Waals surface area contributed by atoms with Gasteiger partial charge in [0.15, 0.2) is 17.2 Å². The zero-order valence-electron chi connectivity index (χ0n) is 35.1. The largest absolute Gasteiger partial charge is 0.507 e. The maximum atomic E-state index is 14.8. The van der Waals surface area contributed by atoms with E-state index >= 15 is 0 Å². The number of amides is 1. The minimum atomic E-state index is -0.922. The lowest BCUT2D eigenvalue weighted by molar-refractivity contribution is -0.156. The van der Waals surface area contributed by atoms with E-state index < -0.39 is 35.5 Å². The fourth-order valence-electron chi connectivity index (χ4n) is 10.1. The molecule has 12 nitrogen and oxygen atoms in total. The molecule has 4 aliphatic rings. The number of ether oxygens (including phenoxy) is 2. The van der Waals surface area contributed by atoms with Gasteiger partial charge in [0.05, 0.1) is 29.0 Å². The SMILES string of the molecule is CCOc1c(C)c(O)c2c(O)c3c4c(c2c1C(=O)CCC[C@@H](C)[C@@H](OC(C)=O)[C@H](C)[C@H](O)[C@H](C)C[C@@H](C)/C=C/C=C(/C)C(=O)N3)=N[C@]1(N=4)C(C)CC2CNC[C@@H]1C2. The van der Waals surface area contributed by atoms with Crippen LogP contribution in [-0.2, 0) is 14.3 Å². The number of aromatic hydroxyl groups is 2. The van der Waals surface area contributed by atoms with Gasteiger partial charge in [0.2, 0.25) is 0 Å². The van der Waals surface area contributed by atoms with Gasteiger partial charge < -0.3 is 35.4 Å². The van der Waals surface area contributed by atoms with Crippen LogP contribution in [0.5, 0.6) is 17.2 Å². The van der Waals surface area contributed by atoms with Gasteiger partial charge in [0.1, 0.15) is 28.6 Å². The number of allylic oxidation sites excluding steroid dienone is 3. The molecule has 5 N–H and O–H groups in total. The third kappa shape index (κ3) is 7.96. The van der Waals surface area contributed by atoms with Gasteiger partial charge in [-0.15, -0.1) is 0 Å². The number of aliphatic hydroxyl groups is 1. The van der Waals surface area contributed by atoms with Gasteiger partial charge in [-0.1, -0.05) is 52.8 Å². The molecule has 4 bridgehead atoms. The Morgan fingerprint density at radius 2 is 1.68 bits per heavy atom. The van der Waals surface area contributed by atoms with E-state index in [0.29, 0.717) is 42.7 Å². The monoisotopic (exact) mass is 786 g/mol. The summed E-state index contributed by atoms with van der Waals surface area (Å²) in [7, 11) is 0. The van der Waals surface area contributed by atoms with Crippen LogP contribution in [0.2, 0.25) is 0 Å². The normalized spacial score (nSPS) is 33.9. The number of carbonyl (C=O) groups is 3. The minimum Gasteiger partial charge on any atom is -0.507 e.